The highest BCUT2D eigenvalue weighted by atomic mass is 16.5. The van der Waals surface area contributed by atoms with Crippen LogP contribution in [0.2, 0.25) is 0 Å². The zero-order valence-electron chi connectivity index (χ0n) is 16.8. The molecule has 0 bridgehead atoms. The van der Waals surface area contributed by atoms with Crippen molar-refractivity contribution in [2.75, 3.05) is 44.8 Å². The van der Waals surface area contributed by atoms with Crippen LogP contribution >= 0.6 is 0 Å². The standard InChI is InChI=1S/C23H24N2O5/c1-2-29-21-14-16(13-18-17-5-3-4-6-19(17)24-23(18)27)7-8-20(21)30-15-22(26)25-9-11-28-12-10-25/h3-8,13-14H,2,9-12,15H2,1H3,(H,24,27)/b18-13-. The Morgan fingerprint density at radius 3 is 2.73 bits per heavy atom. The van der Waals surface area contributed by atoms with Crippen LogP contribution in [-0.2, 0) is 14.3 Å². The van der Waals surface area contributed by atoms with Gasteiger partial charge in [0.15, 0.2) is 18.1 Å². The van der Waals surface area contributed by atoms with Crippen LogP contribution in [0.4, 0.5) is 5.69 Å². The number of nitrogens with zero attached hydrogens (tertiary/aromatic N) is 1. The van der Waals surface area contributed by atoms with Crippen molar-refractivity contribution in [3.05, 3.63) is 53.6 Å². The van der Waals surface area contributed by atoms with Crippen molar-refractivity contribution in [1.82, 2.24) is 4.90 Å². The van der Waals surface area contributed by atoms with Crippen LogP contribution < -0.4 is 14.8 Å². The van der Waals surface area contributed by atoms with Crippen LogP contribution in [0.25, 0.3) is 11.6 Å². The summed E-state index contributed by atoms with van der Waals surface area (Å²) >= 11 is 0. The predicted molar refractivity (Wildman–Crippen MR) is 113 cm³/mol. The summed E-state index contributed by atoms with van der Waals surface area (Å²) in [6.45, 7) is 4.54. The van der Waals surface area contributed by atoms with E-state index in [1.807, 2.05) is 49.4 Å². The lowest BCUT2D eigenvalue weighted by molar-refractivity contribution is -0.137. The van der Waals surface area contributed by atoms with Gasteiger partial charge in [-0.3, -0.25) is 9.59 Å². The van der Waals surface area contributed by atoms with Gasteiger partial charge in [-0.2, -0.15) is 0 Å². The Labute approximate surface area is 175 Å². The number of para-hydroxylation sites is 1. The number of anilines is 1. The maximum Gasteiger partial charge on any atom is 0.260 e. The molecule has 0 unspecified atom stereocenters. The Balaban J connectivity index is 1.52. The fourth-order valence-electron chi connectivity index (χ4n) is 3.49. The summed E-state index contributed by atoms with van der Waals surface area (Å²) in [5.74, 6) is 0.821. The first-order valence-corrected chi connectivity index (χ1v) is 10.0. The molecule has 0 spiro atoms. The van der Waals surface area contributed by atoms with Crippen LogP contribution in [0, 0.1) is 0 Å². The monoisotopic (exact) mass is 408 g/mol. The minimum atomic E-state index is -0.134. The number of rotatable bonds is 6. The quantitative estimate of drug-likeness (QED) is 0.744. The van der Waals surface area contributed by atoms with Crippen molar-refractivity contribution in [2.24, 2.45) is 0 Å². The molecule has 1 saturated heterocycles. The number of hydrogen-bond acceptors (Lipinski definition) is 5. The van der Waals surface area contributed by atoms with Gasteiger partial charge in [0.1, 0.15) is 0 Å². The zero-order chi connectivity index (χ0) is 20.9. The number of fused-ring (bicyclic) bond motifs is 1. The topological polar surface area (TPSA) is 77.1 Å². The lowest BCUT2D eigenvalue weighted by Gasteiger charge is -2.26. The van der Waals surface area contributed by atoms with Gasteiger partial charge in [0.2, 0.25) is 0 Å². The van der Waals surface area contributed by atoms with E-state index in [1.165, 1.54) is 0 Å². The molecule has 2 aromatic rings. The fraction of sp³-hybridized carbons (Fsp3) is 0.304. The van der Waals surface area contributed by atoms with Crippen LogP contribution in [0.15, 0.2) is 42.5 Å². The minimum Gasteiger partial charge on any atom is -0.490 e. The van der Waals surface area contributed by atoms with Gasteiger partial charge in [0, 0.05) is 29.9 Å². The number of ether oxygens (including phenoxy) is 3. The fourth-order valence-corrected chi connectivity index (χ4v) is 3.49. The number of morpholine rings is 1. The molecule has 2 aliphatic heterocycles. The number of hydrogen-bond donors (Lipinski definition) is 1. The number of nitrogens with one attached hydrogen (secondary N) is 1. The van der Waals surface area contributed by atoms with Crippen molar-refractivity contribution >= 4 is 29.2 Å². The molecule has 7 heteroatoms. The van der Waals surface area contributed by atoms with E-state index >= 15 is 0 Å². The molecule has 1 N–H and O–H groups in total. The van der Waals surface area contributed by atoms with E-state index in [0.29, 0.717) is 50.0 Å². The molecule has 0 aliphatic carbocycles. The Hall–Kier alpha value is -3.32. The van der Waals surface area contributed by atoms with E-state index < -0.39 is 0 Å². The SMILES string of the molecule is CCOc1cc(/C=C2\C(=O)Nc3ccccc32)ccc1OCC(=O)N1CCOCC1. The first-order chi connectivity index (χ1) is 14.7. The lowest BCUT2D eigenvalue weighted by Crippen LogP contribution is -2.43. The molecule has 7 nitrogen and oxygen atoms in total. The Morgan fingerprint density at radius 2 is 1.93 bits per heavy atom. The van der Waals surface area contributed by atoms with Gasteiger partial charge in [-0.05, 0) is 36.8 Å². The Kier molecular flexibility index (Phi) is 5.99. The molecule has 2 aliphatic rings. The second-order valence-electron chi connectivity index (χ2n) is 6.98. The molecule has 30 heavy (non-hydrogen) atoms. The minimum absolute atomic E-state index is 0.0592. The normalized spacial score (nSPS) is 16.9. The van der Waals surface area contributed by atoms with E-state index in [1.54, 1.807) is 11.0 Å². The van der Waals surface area contributed by atoms with Crippen molar-refractivity contribution in [2.45, 2.75) is 6.92 Å². The van der Waals surface area contributed by atoms with Crippen LogP contribution in [0.5, 0.6) is 11.5 Å². The van der Waals surface area contributed by atoms with Crippen LogP contribution in [0.3, 0.4) is 0 Å². The third-order valence-electron chi connectivity index (χ3n) is 5.00. The first-order valence-electron chi connectivity index (χ1n) is 10.0. The second kappa shape index (κ2) is 9.00. The number of carbonyl (C=O) groups is 2. The average Bonchev–Trinajstić information content (AvgIpc) is 3.09. The van der Waals surface area contributed by atoms with Crippen LogP contribution in [-0.4, -0.2) is 56.2 Å². The maximum absolute atomic E-state index is 12.4. The lowest BCUT2D eigenvalue weighted by atomic mass is 10.0. The molecule has 1 fully saturated rings. The third kappa shape index (κ3) is 4.31. The van der Waals surface area contributed by atoms with E-state index in [4.69, 9.17) is 14.2 Å². The predicted octanol–water partition coefficient (Wildman–Crippen LogP) is 2.82. The van der Waals surface area contributed by atoms with E-state index in [0.717, 1.165) is 16.8 Å². The maximum atomic E-state index is 12.4. The molecule has 0 radical (unpaired) electrons. The van der Waals surface area contributed by atoms with Crippen molar-refractivity contribution in [3.63, 3.8) is 0 Å². The number of amides is 2. The zero-order valence-corrected chi connectivity index (χ0v) is 16.8. The summed E-state index contributed by atoms with van der Waals surface area (Å²) in [5, 5.41) is 2.87. The van der Waals surface area contributed by atoms with Crippen molar-refractivity contribution in [1.29, 1.82) is 0 Å². The summed E-state index contributed by atoms with van der Waals surface area (Å²) in [7, 11) is 0. The summed E-state index contributed by atoms with van der Waals surface area (Å²) in [4.78, 5) is 26.4. The Morgan fingerprint density at radius 1 is 1.13 bits per heavy atom. The molecular weight excluding hydrogens is 384 g/mol. The van der Waals surface area contributed by atoms with Gasteiger partial charge in [-0.1, -0.05) is 24.3 Å². The van der Waals surface area contributed by atoms with Gasteiger partial charge >= 0.3 is 0 Å². The number of carbonyl (C=O) groups excluding carboxylic acids is 2. The second-order valence-corrected chi connectivity index (χ2v) is 6.98. The molecule has 2 aromatic carbocycles. The highest BCUT2D eigenvalue weighted by Gasteiger charge is 2.23. The largest absolute Gasteiger partial charge is 0.490 e. The third-order valence-corrected chi connectivity index (χ3v) is 5.00. The van der Waals surface area contributed by atoms with Crippen LogP contribution in [0.1, 0.15) is 18.1 Å². The highest BCUT2D eigenvalue weighted by Crippen LogP contribution is 2.35. The van der Waals surface area contributed by atoms with E-state index in [-0.39, 0.29) is 18.4 Å². The van der Waals surface area contributed by atoms with Gasteiger partial charge in [-0.15, -0.1) is 0 Å². The molecule has 2 amide bonds. The summed E-state index contributed by atoms with van der Waals surface area (Å²) < 4.78 is 16.7. The molecule has 0 saturated carbocycles. The smallest absolute Gasteiger partial charge is 0.260 e. The first kappa shape index (κ1) is 20.0. The molecule has 0 aromatic heterocycles. The summed E-state index contributed by atoms with van der Waals surface area (Å²) in [6, 6.07) is 13.0. The van der Waals surface area contributed by atoms with E-state index in [9.17, 15) is 9.59 Å². The van der Waals surface area contributed by atoms with Crippen molar-refractivity contribution in [3.8, 4) is 11.5 Å². The van der Waals surface area contributed by atoms with Gasteiger partial charge in [0.25, 0.3) is 11.8 Å². The highest BCUT2D eigenvalue weighted by molar-refractivity contribution is 6.34. The molecule has 4 rings (SSSR count). The summed E-state index contributed by atoms with van der Waals surface area (Å²) in [6.07, 6.45) is 1.83. The van der Waals surface area contributed by atoms with E-state index in [2.05, 4.69) is 5.32 Å². The average molecular weight is 408 g/mol. The van der Waals surface area contributed by atoms with Gasteiger partial charge in [0.05, 0.1) is 19.8 Å². The molecule has 2 heterocycles. The number of benzene rings is 2. The van der Waals surface area contributed by atoms with Gasteiger partial charge < -0.3 is 24.4 Å². The molecule has 0 atom stereocenters. The Bertz CT molecular complexity index is 979. The summed E-state index contributed by atoms with van der Waals surface area (Å²) in [5.41, 5.74) is 3.09. The molecule has 156 valence electrons. The van der Waals surface area contributed by atoms with Crippen molar-refractivity contribution < 1.29 is 23.8 Å². The molecular formula is C23H24N2O5. The van der Waals surface area contributed by atoms with Gasteiger partial charge in [-0.25, -0.2) is 0 Å².